The molecular weight excluding hydrogens is 532 g/mol. The molecule has 3 atom stereocenters. The van der Waals surface area contributed by atoms with Crippen molar-refractivity contribution in [3.8, 4) is 11.1 Å². The Labute approximate surface area is 246 Å². The average molecular weight is 569 g/mol. The van der Waals surface area contributed by atoms with Gasteiger partial charge in [0.2, 0.25) is 0 Å². The first-order valence-electron chi connectivity index (χ1n) is 14.0. The van der Waals surface area contributed by atoms with E-state index >= 15 is 0 Å². The molecule has 5 rings (SSSR count). The van der Waals surface area contributed by atoms with Gasteiger partial charge in [0.1, 0.15) is 0 Å². The maximum absolute atomic E-state index is 11.8. The van der Waals surface area contributed by atoms with Crippen LogP contribution in [0.15, 0.2) is 108 Å². The molecule has 1 aliphatic rings. The molecular formula is C34H36N2O4S. The summed E-state index contributed by atoms with van der Waals surface area (Å²) in [5, 5.41) is 15.1. The number of ether oxygens (including phenoxy) is 2. The van der Waals surface area contributed by atoms with Crippen LogP contribution in [0.25, 0.3) is 11.1 Å². The summed E-state index contributed by atoms with van der Waals surface area (Å²) in [5.41, 5.74) is 6.13. The largest absolute Gasteiger partial charge is 0.392 e. The van der Waals surface area contributed by atoms with Gasteiger partial charge in [-0.25, -0.2) is 4.79 Å². The maximum Gasteiger partial charge on any atom is 0.315 e. The first-order valence-corrected chi connectivity index (χ1v) is 15.0. The Kier molecular flexibility index (Phi) is 10.1. The molecule has 0 aromatic heterocycles. The number of benzene rings is 4. The fourth-order valence-corrected chi connectivity index (χ4v) is 5.77. The maximum atomic E-state index is 11.8. The van der Waals surface area contributed by atoms with Crippen LogP contribution in [0.1, 0.15) is 48.0 Å². The highest BCUT2D eigenvalue weighted by Gasteiger charge is 2.32. The summed E-state index contributed by atoms with van der Waals surface area (Å²) in [6.45, 7) is 2.97. The molecule has 1 fully saturated rings. The highest BCUT2D eigenvalue weighted by Crippen LogP contribution is 2.40. The van der Waals surface area contributed by atoms with Crippen LogP contribution >= 0.6 is 11.8 Å². The van der Waals surface area contributed by atoms with Crippen LogP contribution in [0.3, 0.4) is 0 Å². The predicted molar refractivity (Wildman–Crippen MR) is 163 cm³/mol. The zero-order chi connectivity index (χ0) is 28.4. The minimum absolute atomic E-state index is 0.00948. The molecule has 1 heterocycles. The van der Waals surface area contributed by atoms with Crippen LogP contribution in [-0.4, -0.2) is 29.5 Å². The molecule has 0 unspecified atom stereocenters. The van der Waals surface area contributed by atoms with Gasteiger partial charge in [0.15, 0.2) is 6.29 Å². The van der Waals surface area contributed by atoms with Crippen molar-refractivity contribution in [3.63, 3.8) is 0 Å². The van der Waals surface area contributed by atoms with E-state index in [1.54, 1.807) is 11.8 Å². The molecule has 6 nitrogen and oxygen atoms in total. The van der Waals surface area contributed by atoms with Crippen LogP contribution < -0.4 is 10.6 Å². The van der Waals surface area contributed by atoms with Gasteiger partial charge in [-0.3, -0.25) is 0 Å². The third-order valence-corrected chi connectivity index (χ3v) is 8.17. The molecule has 4 aromatic carbocycles. The van der Waals surface area contributed by atoms with E-state index in [-0.39, 0.29) is 24.8 Å². The fourth-order valence-electron chi connectivity index (χ4n) is 4.83. The number of carbonyl (C=O) groups is 1. The Morgan fingerprint density at radius 3 is 2.32 bits per heavy atom. The Bertz CT molecular complexity index is 1400. The van der Waals surface area contributed by atoms with Gasteiger partial charge in [0.05, 0.1) is 18.8 Å². The summed E-state index contributed by atoms with van der Waals surface area (Å²) in [7, 11) is 0. The summed E-state index contributed by atoms with van der Waals surface area (Å²) in [4.78, 5) is 13.0. The van der Waals surface area contributed by atoms with Crippen LogP contribution in [0.4, 0.5) is 4.79 Å². The second-order valence-electron chi connectivity index (χ2n) is 10.0. The third-order valence-electron chi connectivity index (χ3n) is 7.03. The van der Waals surface area contributed by atoms with Crippen molar-refractivity contribution < 1.29 is 19.4 Å². The molecule has 7 heteroatoms. The van der Waals surface area contributed by atoms with E-state index in [9.17, 15) is 9.90 Å². The molecule has 0 aliphatic carbocycles. The fraction of sp³-hybridized carbons (Fsp3) is 0.265. The van der Waals surface area contributed by atoms with Gasteiger partial charge < -0.3 is 25.2 Å². The second-order valence-corrected chi connectivity index (χ2v) is 11.1. The van der Waals surface area contributed by atoms with Gasteiger partial charge in [-0.05, 0) is 52.9 Å². The molecule has 1 aliphatic heterocycles. The lowest BCUT2D eigenvalue weighted by molar-refractivity contribution is -0.245. The molecule has 0 bridgehead atoms. The SMILES string of the molecule is CCNC(=O)NCc1cccc(-c2ccc([C@@H]3O[C@H](CSc4ccccc4)C[C@H](c4ccc(CO)cc4)O3)cc2)c1. The van der Waals surface area contributed by atoms with E-state index in [0.717, 1.165) is 45.6 Å². The number of hydrogen-bond acceptors (Lipinski definition) is 5. The van der Waals surface area contributed by atoms with Crippen molar-refractivity contribution in [2.24, 2.45) is 0 Å². The van der Waals surface area contributed by atoms with E-state index in [4.69, 9.17) is 9.47 Å². The number of rotatable bonds is 10. The molecule has 41 heavy (non-hydrogen) atoms. The zero-order valence-electron chi connectivity index (χ0n) is 23.2. The summed E-state index contributed by atoms with van der Waals surface area (Å²) in [6.07, 6.45) is 0.158. The number of hydrogen-bond donors (Lipinski definition) is 3. The van der Waals surface area contributed by atoms with Crippen molar-refractivity contribution in [2.45, 2.75) is 49.9 Å². The normalized spacial score (nSPS) is 18.5. The first-order chi connectivity index (χ1) is 20.1. The topological polar surface area (TPSA) is 79.8 Å². The number of nitrogens with one attached hydrogen (secondary N) is 2. The average Bonchev–Trinajstić information content (AvgIpc) is 3.03. The van der Waals surface area contributed by atoms with Crippen molar-refractivity contribution >= 4 is 17.8 Å². The smallest absolute Gasteiger partial charge is 0.315 e. The van der Waals surface area contributed by atoms with E-state index < -0.39 is 6.29 Å². The summed E-state index contributed by atoms with van der Waals surface area (Å²) in [5.74, 6) is 0.824. The highest BCUT2D eigenvalue weighted by atomic mass is 32.2. The first kappa shape index (κ1) is 28.9. The van der Waals surface area contributed by atoms with Crippen LogP contribution in [-0.2, 0) is 22.6 Å². The monoisotopic (exact) mass is 568 g/mol. The molecule has 1 saturated heterocycles. The predicted octanol–water partition coefficient (Wildman–Crippen LogP) is 7.00. The quantitative estimate of drug-likeness (QED) is 0.180. The number of urea groups is 1. The highest BCUT2D eigenvalue weighted by molar-refractivity contribution is 7.99. The lowest BCUT2D eigenvalue weighted by atomic mass is 9.99. The third kappa shape index (κ3) is 7.99. The molecule has 2 amide bonds. The molecule has 3 N–H and O–H groups in total. The van der Waals surface area contributed by atoms with Gasteiger partial charge in [-0.1, -0.05) is 84.9 Å². The number of amides is 2. The van der Waals surface area contributed by atoms with Gasteiger partial charge in [0.25, 0.3) is 0 Å². The van der Waals surface area contributed by atoms with Crippen molar-refractivity contribution in [1.29, 1.82) is 0 Å². The van der Waals surface area contributed by atoms with Crippen molar-refractivity contribution in [3.05, 3.63) is 125 Å². The van der Waals surface area contributed by atoms with E-state index in [1.165, 1.54) is 4.90 Å². The lowest BCUT2D eigenvalue weighted by Gasteiger charge is -2.36. The van der Waals surface area contributed by atoms with E-state index in [1.807, 2.05) is 49.4 Å². The van der Waals surface area contributed by atoms with Crippen molar-refractivity contribution in [2.75, 3.05) is 12.3 Å². The molecule has 0 saturated carbocycles. The summed E-state index contributed by atoms with van der Waals surface area (Å²) < 4.78 is 13.0. The summed E-state index contributed by atoms with van der Waals surface area (Å²) in [6, 6.07) is 34.7. The Morgan fingerprint density at radius 2 is 1.59 bits per heavy atom. The molecule has 212 valence electrons. The Balaban J connectivity index is 1.31. The van der Waals surface area contributed by atoms with Gasteiger partial charge in [-0.15, -0.1) is 11.8 Å². The lowest BCUT2D eigenvalue weighted by Crippen LogP contribution is -2.34. The second kappa shape index (κ2) is 14.3. The van der Waals surface area contributed by atoms with Crippen molar-refractivity contribution in [1.82, 2.24) is 10.6 Å². The Morgan fingerprint density at radius 1 is 0.829 bits per heavy atom. The number of carbonyl (C=O) groups excluding carboxylic acids is 1. The number of thioether (sulfide) groups is 1. The minimum Gasteiger partial charge on any atom is -0.392 e. The van der Waals surface area contributed by atoms with Gasteiger partial charge in [0, 0.05) is 35.7 Å². The Hall–Kier alpha value is -3.62. The molecule has 4 aromatic rings. The van der Waals surface area contributed by atoms with Gasteiger partial charge in [-0.2, -0.15) is 0 Å². The minimum atomic E-state index is -0.491. The van der Waals surface area contributed by atoms with Gasteiger partial charge >= 0.3 is 6.03 Å². The van der Waals surface area contributed by atoms with Crippen LogP contribution in [0, 0.1) is 0 Å². The molecule has 0 radical (unpaired) electrons. The number of aliphatic hydroxyl groups is 1. The van der Waals surface area contributed by atoms with Crippen LogP contribution in [0.5, 0.6) is 0 Å². The number of aliphatic hydroxyl groups excluding tert-OH is 1. The van der Waals surface area contributed by atoms with Crippen LogP contribution in [0.2, 0.25) is 0 Å². The van der Waals surface area contributed by atoms with E-state index in [2.05, 4.69) is 71.3 Å². The van der Waals surface area contributed by atoms with E-state index in [0.29, 0.717) is 13.1 Å². The standard InChI is InChI=1S/C34H36N2O4S/c1-2-35-34(38)36-21-25-7-6-8-29(19-25)26-15-17-28(18-16-26)33-39-30(23-41-31-9-4-3-5-10-31)20-32(40-33)27-13-11-24(22-37)12-14-27/h3-19,30,32-33,37H,2,20-23H2,1H3,(H2,35,36,38)/t30-,32+,33+/m0/s1. The summed E-state index contributed by atoms with van der Waals surface area (Å²) >= 11 is 1.79. The molecule has 0 spiro atoms. The zero-order valence-corrected chi connectivity index (χ0v) is 24.0.